The van der Waals surface area contributed by atoms with Gasteiger partial charge in [-0.05, 0) is 49.9 Å². The minimum absolute atomic E-state index is 0.0391. The van der Waals surface area contributed by atoms with E-state index in [1.807, 2.05) is 11.0 Å². The van der Waals surface area contributed by atoms with Gasteiger partial charge in [0.15, 0.2) is 0 Å². The number of nitrogen functional groups attached to an aromatic ring is 1. The lowest BCUT2D eigenvalue weighted by Gasteiger charge is -2.32. The Morgan fingerprint density at radius 2 is 1.69 bits per heavy atom. The number of anilines is 1. The van der Waals surface area contributed by atoms with Crippen molar-refractivity contribution < 1.29 is 9.59 Å². The molecule has 0 atom stereocenters. The van der Waals surface area contributed by atoms with Gasteiger partial charge in [0.25, 0.3) is 11.8 Å². The quantitative estimate of drug-likeness (QED) is 0.832. The SMILES string of the molecule is Nc1nc(C2CCN(C(=O)c3ccncc3)CC2)ccc1C(=O)NC1CCCC1. The number of piperidine rings is 1. The average Bonchev–Trinajstić information content (AvgIpc) is 3.27. The molecular formula is C22H27N5O2. The van der Waals surface area contributed by atoms with E-state index in [1.165, 1.54) is 12.8 Å². The third-order valence-corrected chi connectivity index (χ3v) is 6.01. The van der Waals surface area contributed by atoms with Crippen molar-refractivity contribution in [3.8, 4) is 0 Å². The van der Waals surface area contributed by atoms with E-state index in [0.29, 0.717) is 24.2 Å². The maximum Gasteiger partial charge on any atom is 0.255 e. The van der Waals surface area contributed by atoms with Crippen LogP contribution in [0, 0.1) is 0 Å². The summed E-state index contributed by atoms with van der Waals surface area (Å²) < 4.78 is 0. The Hall–Kier alpha value is -2.96. The van der Waals surface area contributed by atoms with Crippen LogP contribution >= 0.6 is 0 Å². The molecule has 1 saturated carbocycles. The highest BCUT2D eigenvalue weighted by Gasteiger charge is 2.26. The summed E-state index contributed by atoms with van der Waals surface area (Å²) >= 11 is 0. The van der Waals surface area contributed by atoms with Crippen molar-refractivity contribution in [1.29, 1.82) is 0 Å². The Morgan fingerprint density at radius 1 is 1.00 bits per heavy atom. The summed E-state index contributed by atoms with van der Waals surface area (Å²) in [5.74, 6) is 0.433. The number of carbonyl (C=O) groups excluding carboxylic acids is 2. The zero-order chi connectivity index (χ0) is 20.2. The zero-order valence-corrected chi connectivity index (χ0v) is 16.5. The molecule has 0 unspecified atom stereocenters. The van der Waals surface area contributed by atoms with Crippen LogP contribution in [-0.4, -0.2) is 45.8 Å². The number of nitrogens with one attached hydrogen (secondary N) is 1. The number of likely N-dealkylation sites (tertiary alicyclic amines) is 1. The van der Waals surface area contributed by atoms with E-state index in [-0.39, 0.29) is 29.6 Å². The summed E-state index contributed by atoms with van der Waals surface area (Å²) in [5, 5.41) is 3.06. The van der Waals surface area contributed by atoms with Gasteiger partial charge in [0, 0.05) is 48.7 Å². The number of hydrogen-bond donors (Lipinski definition) is 2. The van der Waals surface area contributed by atoms with Crippen molar-refractivity contribution in [3.05, 3.63) is 53.5 Å². The Morgan fingerprint density at radius 3 is 2.34 bits per heavy atom. The lowest BCUT2D eigenvalue weighted by molar-refractivity contribution is 0.0711. The first-order chi connectivity index (χ1) is 14.1. The van der Waals surface area contributed by atoms with Crippen LogP contribution in [0.4, 0.5) is 5.82 Å². The third-order valence-electron chi connectivity index (χ3n) is 6.01. The van der Waals surface area contributed by atoms with Crippen LogP contribution < -0.4 is 11.1 Å². The second kappa shape index (κ2) is 8.59. The van der Waals surface area contributed by atoms with Crippen LogP contribution in [0.5, 0.6) is 0 Å². The first-order valence-corrected chi connectivity index (χ1v) is 10.4. The maximum absolute atomic E-state index is 12.6. The first kappa shape index (κ1) is 19.4. The molecule has 2 aromatic heterocycles. The summed E-state index contributed by atoms with van der Waals surface area (Å²) in [6.45, 7) is 1.36. The van der Waals surface area contributed by atoms with Crippen LogP contribution in [0.3, 0.4) is 0 Å². The summed E-state index contributed by atoms with van der Waals surface area (Å²) in [5.41, 5.74) is 8.13. The van der Waals surface area contributed by atoms with Crippen molar-refractivity contribution in [1.82, 2.24) is 20.2 Å². The van der Waals surface area contributed by atoms with E-state index >= 15 is 0 Å². The van der Waals surface area contributed by atoms with E-state index in [1.54, 1.807) is 30.6 Å². The summed E-state index contributed by atoms with van der Waals surface area (Å²) in [7, 11) is 0. The number of pyridine rings is 2. The second-order valence-electron chi connectivity index (χ2n) is 7.93. The number of carbonyl (C=O) groups is 2. The highest BCUT2D eigenvalue weighted by molar-refractivity contribution is 5.98. The van der Waals surface area contributed by atoms with Gasteiger partial charge < -0.3 is 16.0 Å². The Bertz CT molecular complexity index is 872. The van der Waals surface area contributed by atoms with E-state index in [2.05, 4.69) is 15.3 Å². The molecule has 152 valence electrons. The number of nitrogens with zero attached hydrogens (tertiary/aromatic N) is 3. The highest BCUT2D eigenvalue weighted by atomic mass is 16.2. The number of aromatic nitrogens is 2. The molecule has 0 radical (unpaired) electrons. The number of hydrogen-bond acceptors (Lipinski definition) is 5. The van der Waals surface area contributed by atoms with Gasteiger partial charge in [0.05, 0.1) is 5.56 Å². The minimum Gasteiger partial charge on any atom is -0.383 e. The van der Waals surface area contributed by atoms with Crippen molar-refractivity contribution in [2.45, 2.75) is 50.5 Å². The van der Waals surface area contributed by atoms with Gasteiger partial charge in [0.2, 0.25) is 0 Å². The van der Waals surface area contributed by atoms with Crippen LogP contribution in [0.15, 0.2) is 36.7 Å². The van der Waals surface area contributed by atoms with Crippen molar-refractivity contribution >= 4 is 17.6 Å². The lowest BCUT2D eigenvalue weighted by Crippen LogP contribution is -2.38. The Labute approximate surface area is 170 Å². The summed E-state index contributed by atoms with van der Waals surface area (Å²) in [6, 6.07) is 7.43. The molecule has 2 fully saturated rings. The van der Waals surface area contributed by atoms with E-state index in [4.69, 9.17) is 5.73 Å². The fourth-order valence-electron chi connectivity index (χ4n) is 4.30. The molecule has 0 aromatic carbocycles. The van der Waals surface area contributed by atoms with Gasteiger partial charge in [-0.2, -0.15) is 0 Å². The van der Waals surface area contributed by atoms with Gasteiger partial charge in [-0.3, -0.25) is 14.6 Å². The van der Waals surface area contributed by atoms with Crippen molar-refractivity contribution in [2.75, 3.05) is 18.8 Å². The van der Waals surface area contributed by atoms with Gasteiger partial charge in [-0.1, -0.05) is 12.8 Å². The van der Waals surface area contributed by atoms with Crippen LogP contribution in [0.25, 0.3) is 0 Å². The smallest absolute Gasteiger partial charge is 0.255 e. The minimum atomic E-state index is -0.133. The summed E-state index contributed by atoms with van der Waals surface area (Å²) in [4.78, 5) is 35.4. The van der Waals surface area contributed by atoms with Gasteiger partial charge in [0.1, 0.15) is 5.82 Å². The van der Waals surface area contributed by atoms with Crippen molar-refractivity contribution in [2.24, 2.45) is 0 Å². The largest absolute Gasteiger partial charge is 0.383 e. The molecule has 1 aliphatic heterocycles. The zero-order valence-electron chi connectivity index (χ0n) is 16.5. The van der Waals surface area contributed by atoms with Gasteiger partial charge >= 0.3 is 0 Å². The maximum atomic E-state index is 12.6. The van der Waals surface area contributed by atoms with Gasteiger partial charge in [-0.15, -0.1) is 0 Å². The summed E-state index contributed by atoms with van der Waals surface area (Å²) in [6.07, 6.45) is 9.34. The molecule has 3 N–H and O–H groups in total. The topological polar surface area (TPSA) is 101 Å². The fraction of sp³-hybridized carbons (Fsp3) is 0.455. The Balaban J connectivity index is 1.36. The molecule has 0 bridgehead atoms. The predicted molar refractivity (Wildman–Crippen MR) is 110 cm³/mol. The number of nitrogens with two attached hydrogens (primary N) is 1. The standard InChI is InChI=1S/C22H27N5O2/c23-20-18(21(28)25-17-3-1-2-4-17)5-6-19(26-20)15-9-13-27(14-10-15)22(29)16-7-11-24-12-8-16/h5-8,11-12,15,17H,1-4,9-10,13-14H2,(H2,23,26)(H,25,28). The monoisotopic (exact) mass is 393 g/mol. The molecule has 2 aromatic rings. The molecule has 29 heavy (non-hydrogen) atoms. The van der Waals surface area contributed by atoms with Crippen LogP contribution in [0.1, 0.15) is 70.9 Å². The molecule has 1 aliphatic carbocycles. The average molecular weight is 393 g/mol. The molecule has 4 rings (SSSR count). The molecule has 7 nitrogen and oxygen atoms in total. The van der Waals surface area contributed by atoms with Gasteiger partial charge in [-0.25, -0.2) is 4.98 Å². The van der Waals surface area contributed by atoms with Crippen molar-refractivity contribution in [3.63, 3.8) is 0 Å². The predicted octanol–water partition coefficient (Wildman–Crippen LogP) is 2.75. The first-order valence-electron chi connectivity index (χ1n) is 10.4. The normalized spacial score (nSPS) is 18.0. The molecule has 3 heterocycles. The molecule has 7 heteroatoms. The highest BCUT2D eigenvalue weighted by Crippen LogP contribution is 2.29. The number of amides is 2. The van der Waals surface area contributed by atoms with E-state index in [0.717, 1.165) is 31.4 Å². The fourth-order valence-corrected chi connectivity index (χ4v) is 4.30. The molecule has 2 aliphatic rings. The lowest BCUT2D eigenvalue weighted by atomic mass is 9.92. The van der Waals surface area contributed by atoms with Crippen LogP contribution in [-0.2, 0) is 0 Å². The van der Waals surface area contributed by atoms with Crippen LogP contribution in [0.2, 0.25) is 0 Å². The molecule has 0 spiro atoms. The van der Waals surface area contributed by atoms with E-state index in [9.17, 15) is 9.59 Å². The molecule has 2 amide bonds. The third kappa shape index (κ3) is 4.39. The van der Waals surface area contributed by atoms with E-state index < -0.39 is 0 Å². The number of rotatable bonds is 4. The molecule has 1 saturated heterocycles. The second-order valence-corrected chi connectivity index (χ2v) is 7.93. The Kier molecular flexibility index (Phi) is 5.74. The molecular weight excluding hydrogens is 366 g/mol.